The highest BCUT2D eigenvalue weighted by Gasteiger charge is 2.28. The average Bonchev–Trinajstić information content (AvgIpc) is 3.10. The Kier molecular flexibility index (Phi) is 4.02. The molecule has 0 saturated heterocycles. The van der Waals surface area contributed by atoms with Gasteiger partial charge in [-0.1, -0.05) is 48.5 Å². The lowest BCUT2D eigenvalue weighted by molar-refractivity contribution is 0.175. The molecule has 0 radical (unpaired) electrons. The zero-order chi connectivity index (χ0) is 17.2. The number of nitrogens with one attached hydrogen (secondary N) is 1. The summed E-state index contributed by atoms with van der Waals surface area (Å²) < 4.78 is 2.18. The Morgan fingerprint density at radius 2 is 1.80 bits per heavy atom. The maximum atomic E-state index is 12.9. The summed E-state index contributed by atoms with van der Waals surface area (Å²) in [6.07, 6.45) is 2.07. The van der Waals surface area contributed by atoms with Crippen LogP contribution >= 0.6 is 0 Å². The van der Waals surface area contributed by atoms with Crippen molar-refractivity contribution in [1.29, 1.82) is 0 Å². The first-order valence-electron chi connectivity index (χ1n) is 8.58. The van der Waals surface area contributed by atoms with Crippen LogP contribution in [0.4, 0.5) is 4.79 Å². The van der Waals surface area contributed by atoms with Crippen molar-refractivity contribution in [2.45, 2.75) is 26.1 Å². The fourth-order valence-electron chi connectivity index (χ4n) is 3.44. The van der Waals surface area contributed by atoms with Gasteiger partial charge in [0, 0.05) is 18.4 Å². The first-order chi connectivity index (χ1) is 12.2. The molecule has 1 aromatic heterocycles. The average molecular weight is 331 g/mol. The van der Waals surface area contributed by atoms with E-state index in [2.05, 4.69) is 41.2 Å². The van der Waals surface area contributed by atoms with Crippen molar-refractivity contribution in [2.75, 3.05) is 0 Å². The SMILES string of the molecule is CC1c2cccn2-c2ccccc2CN1C(=O)NCc1ccccc1. The van der Waals surface area contributed by atoms with E-state index in [1.165, 1.54) is 0 Å². The number of para-hydroxylation sites is 1. The van der Waals surface area contributed by atoms with E-state index >= 15 is 0 Å². The third-order valence-electron chi connectivity index (χ3n) is 4.82. The highest BCUT2D eigenvalue weighted by Crippen LogP contribution is 2.31. The lowest BCUT2D eigenvalue weighted by Gasteiger charge is -2.27. The van der Waals surface area contributed by atoms with Gasteiger partial charge in [-0.15, -0.1) is 0 Å². The molecule has 0 spiro atoms. The second-order valence-electron chi connectivity index (χ2n) is 6.38. The minimum absolute atomic E-state index is 0.00169. The van der Waals surface area contributed by atoms with Crippen LogP contribution in [0.15, 0.2) is 72.9 Å². The van der Waals surface area contributed by atoms with E-state index in [4.69, 9.17) is 0 Å². The van der Waals surface area contributed by atoms with E-state index < -0.39 is 0 Å². The molecule has 2 amide bonds. The van der Waals surface area contributed by atoms with Gasteiger partial charge in [-0.3, -0.25) is 0 Å². The van der Waals surface area contributed by atoms with Gasteiger partial charge < -0.3 is 14.8 Å². The Hall–Kier alpha value is -3.01. The molecular weight excluding hydrogens is 310 g/mol. The van der Waals surface area contributed by atoms with Crippen LogP contribution in [0, 0.1) is 0 Å². The van der Waals surface area contributed by atoms with Gasteiger partial charge in [0.1, 0.15) is 0 Å². The number of rotatable bonds is 2. The van der Waals surface area contributed by atoms with Gasteiger partial charge in [-0.2, -0.15) is 0 Å². The zero-order valence-corrected chi connectivity index (χ0v) is 14.2. The predicted molar refractivity (Wildman–Crippen MR) is 98.4 cm³/mol. The number of fused-ring (bicyclic) bond motifs is 3. The lowest BCUT2D eigenvalue weighted by Crippen LogP contribution is -2.40. The number of amides is 2. The first-order valence-corrected chi connectivity index (χ1v) is 8.58. The summed E-state index contributed by atoms with van der Waals surface area (Å²) in [4.78, 5) is 14.8. The van der Waals surface area contributed by atoms with Crippen LogP contribution in [-0.4, -0.2) is 15.5 Å². The predicted octanol–water partition coefficient (Wildman–Crippen LogP) is 4.26. The number of benzene rings is 2. The largest absolute Gasteiger partial charge is 0.334 e. The molecule has 2 aromatic carbocycles. The van der Waals surface area contributed by atoms with Gasteiger partial charge in [0.2, 0.25) is 0 Å². The second-order valence-corrected chi connectivity index (χ2v) is 6.38. The summed E-state index contributed by atoms with van der Waals surface area (Å²) in [7, 11) is 0. The molecule has 1 aliphatic heterocycles. The van der Waals surface area contributed by atoms with Crippen molar-refractivity contribution >= 4 is 6.03 Å². The highest BCUT2D eigenvalue weighted by molar-refractivity contribution is 5.75. The van der Waals surface area contributed by atoms with E-state index in [1.54, 1.807) is 0 Å². The summed E-state index contributed by atoms with van der Waals surface area (Å²) in [6.45, 7) is 3.21. The number of hydrogen-bond acceptors (Lipinski definition) is 1. The van der Waals surface area contributed by atoms with Crippen LogP contribution in [0.3, 0.4) is 0 Å². The van der Waals surface area contributed by atoms with Gasteiger partial charge in [0.05, 0.1) is 18.3 Å². The van der Waals surface area contributed by atoms with Gasteiger partial charge >= 0.3 is 6.03 Å². The summed E-state index contributed by atoms with van der Waals surface area (Å²) in [5.41, 5.74) is 4.52. The smallest absolute Gasteiger partial charge is 0.318 e. The molecule has 0 bridgehead atoms. The molecule has 1 aliphatic rings. The summed E-state index contributed by atoms with van der Waals surface area (Å²) in [5.74, 6) is 0. The monoisotopic (exact) mass is 331 g/mol. The fourth-order valence-corrected chi connectivity index (χ4v) is 3.44. The van der Waals surface area contributed by atoms with Crippen LogP contribution < -0.4 is 5.32 Å². The minimum atomic E-state index is -0.0409. The second kappa shape index (κ2) is 6.48. The third-order valence-corrected chi connectivity index (χ3v) is 4.82. The van der Waals surface area contributed by atoms with Gasteiger partial charge in [0.15, 0.2) is 0 Å². The molecule has 1 unspecified atom stereocenters. The molecule has 0 fully saturated rings. The molecule has 1 atom stereocenters. The van der Waals surface area contributed by atoms with Gasteiger partial charge in [0.25, 0.3) is 0 Å². The third kappa shape index (κ3) is 2.91. The molecule has 2 heterocycles. The Bertz CT molecular complexity index is 885. The van der Waals surface area contributed by atoms with E-state index in [1.807, 2.05) is 53.4 Å². The van der Waals surface area contributed by atoms with Crippen molar-refractivity contribution < 1.29 is 4.79 Å². The molecule has 25 heavy (non-hydrogen) atoms. The van der Waals surface area contributed by atoms with Gasteiger partial charge in [-0.25, -0.2) is 4.79 Å². The Morgan fingerprint density at radius 1 is 1.04 bits per heavy atom. The summed E-state index contributed by atoms with van der Waals surface area (Å²) in [5, 5.41) is 3.06. The van der Waals surface area contributed by atoms with Crippen molar-refractivity contribution in [3.8, 4) is 5.69 Å². The van der Waals surface area contributed by atoms with Crippen LogP contribution in [0.1, 0.15) is 29.8 Å². The molecule has 126 valence electrons. The van der Waals surface area contributed by atoms with E-state index in [9.17, 15) is 4.79 Å². The molecule has 1 N–H and O–H groups in total. The topological polar surface area (TPSA) is 37.3 Å². The lowest BCUT2D eigenvalue weighted by atomic mass is 10.1. The summed E-state index contributed by atoms with van der Waals surface area (Å²) >= 11 is 0. The molecule has 0 saturated carbocycles. The number of urea groups is 1. The quantitative estimate of drug-likeness (QED) is 0.748. The van der Waals surface area contributed by atoms with Crippen LogP contribution in [-0.2, 0) is 13.1 Å². The number of aromatic nitrogens is 1. The molecule has 4 heteroatoms. The molecule has 4 nitrogen and oxygen atoms in total. The van der Waals surface area contributed by atoms with Crippen LogP contribution in [0.5, 0.6) is 0 Å². The van der Waals surface area contributed by atoms with Crippen LogP contribution in [0.2, 0.25) is 0 Å². The van der Waals surface area contributed by atoms with Crippen LogP contribution in [0.25, 0.3) is 5.69 Å². The first kappa shape index (κ1) is 15.5. The summed E-state index contributed by atoms with van der Waals surface area (Å²) in [6, 6.07) is 22.3. The number of nitrogens with zero attached hydrogens (tertiary/aromatic N) is 2. The fraction of sp³-hybridized carbons (Fsp3) is 0.190. The van der Waals surface area contributed by atoms with Crippen molar-refractivity contribution in [2.24, 2.45) is 0 Å². The molecule has 4 rings (SSSR count). The normalized spacial score (nSPS) is 15.9. The maximum Gasteiger partial charge on any atom is 0.318 e. The van der Waals surface area contributed by atoms with Crippen molar-refractivity contribution in [1.82, 2.24) is 14.8 Å². The standard InChI is InChI=1S/C21H21N3O/c1-16-19-12-7-13-23(19)20-11-6-5-10-18(20)15-24(16)21(25)22-14-17-8-3-2-4-9-17/h2-13,16H,14-15H2,1H3,(H,22,25). The Labute approximate surface area is 147 Å². The Balaban J connectivity index is 1.61. The van der Waals surface area contributed by atoms with E-state index in [0.29, 0.717) is 13.1 Å². The van der Waals surface area contributed by atoms with Crippen molar-refractivity contribution in [3.63, 3.8) is 0 Å². The zero-order valence-electron chi connectivity index (χ0n) is 14.2. The van der Waals surface area contributed by atoms with E-state index in [-0.39, 0.29) is 12.1 Å². The molecule has 0 aliphatic carbocycles. The minimum Gasteiger partial charge on any atom is -0.334 e. The highest BCUT2D eigenvalue weighted by atomic mass is 16.2. The molecular formula is C21H21N3O. The number of hydrogen-bond donors (Lipinski definition) is 1. The maximum absolute atomic E-state index is 12.9. The van der Waals surface area contributed by atoms with Crippen molar-refractivity contribution in [3.05, 3.63) is 89.7 Å². The van der Waals surface area contributed by atoms with Gasteiger partial charge in [-0.05, 0) is 36.2 Å². The Morgan fingerprint density at radius 3 is 2.64 bits per heavy atom. The number of carbonyl (C=O) groups is 1. The molecule has 3 aromatic rings. The number of carbonyl (C=O) groups excluding carboxylic acids is 1. The van der Waals surface area contributed by atoms with E-state index in [0.717, 1.165) is 22.5 Å².